The van der Waals surface area contributed by atoms with Crippen molar-refractivity contribution in [3.8, 4) is 0 Å². The number of nitrogens with zero attached hydrogens (tertiary/aromatic N) is 3. The summed E-state index contributed by atoms with van der Waals surface area (Å²) in [5.41, 5.74) is 0. The van der Waals surface area contributed by atoms with E-state index in [1.165, 1.54) is 8.61 Å². The molecule has 9 nitrogen and oxygen atoms in total. The molecule has 1 aliphatic rings. The number of carbonyl (C=O) groups is 2. The Balaban J connectivity index is 2.42. The van der Waals surface area contributed by atoms with E-state index in [1.54, 1.807) is 0 Å². The van der Waals surface area contributed by atoms with Gasteiger partial charge in [-0.05, 0) is 5.92 Å². The zero-order chi connectivity index (χ0) is 19.0. The molecule has 0 aromatic rings. The highest BCUT2D eigenvalue weighted by Crippen LogP contribution is 2.11. The molecule has 0 unspecified atom stereocenters. The van der Waals surface area contributed by atoms with Crippen molar-refractivity contribution >= 4 is 22.1 Å². The highest BCUT2D eigenvalue weighted by Gasteiger charge is 2.31. The predicted molar refractivity (Wildman–Crippen MR) is 96.2 cm³/mol. The summed E-state index contributed by atoms with van der Waals surface area (Å²) < 4.78 is 27.8. The zero-order valence-corrected chi connectivity index (χ0v) is 16.4. The molecule has 0 saturated carbocycles. The fourth-order valence-corrected chi connectivity index (χ4v) is 4.15. The molecule has 10 heteroatoms. The van der Waals surface area contributed by atoms with Gasteiger partial charge in [-0.1, -0.05) is 27.7 Å². The number of hydrogen-bond donors (Lipinski definition) is 2. The van der Waals surface area contributed by atoms with Gasteiger partial charge in [-0.15, -0.1) is 0 Å². The highest BCUT2D eigenvalue weighted by atomic mass is 32.2. The summed E-state index contributed by atoms with van der Waals surface area (Å²) in [7, 11) is -3.44. The summed E-state index contributed by atoms with van der Waals surface area (Å²) >= 11 is 0. The van der Waals surface area contributed by atoms with Crippen LogP contribution in [0.3, 0.4) is 0 Å². The Morgan fingerprint density at radius 2 is 1.64 bits per heavy atom. The Kier molecular flexibility index (Phi) is 8.77. The van der Waals surface area contributed by atoms with Crippen LogP contribution in [0.5, 0.6) is 0 Å². The van der Waals surface area contributed by atoms with Crippen molar-refractivity contribution in [2.45, 2.75) is 27.7 Å². The minimum Gasteiger partial charge on any atom is -0.338 e. The van der Waals surface area contributed by atoms with Crippen LogP contribution in [0, 0.1) is 5.92 Å². The molecular weight excluding hydrogens is 346 g/mol. The van der Waals surface area contributed by atoms with Crippen molar-refractivity contribution in [3.63, 3.8) is 0 Å². The van der Waals surface area contributed by atoms with Crippen molar-refractivity contribution in [3.05, 3.63) is 0 Å². The van der Waals surface area contributed by atoms with Crippen LogP contribution < -0.4 is 10.6 Å². The fourth-order valence-electron chi connectivity index (χ4n) is 2.54. The summed E-state index contributed by atoms with van der Waals surface area (Å²) in [6.45, 7) is 10.6. The van der Waals surface area contributed by atoms with Crippen LogP contribution in [-0.4, -0.2) is 86.2 Å². The van der Waals surface area contributed by atoms with Gasteiger partial charge in [-0.2, -0.15) is 17.0 Å². The average Bonchev–Trinajstić information content (AvgIpc) is 2.54. The van der Waals surface area contributed by atoms with Crippen molar-refractivity contribution < 1.29 is 18.0 Å². The van der Waals surface area contributed by atoms with Gasteiger partial charge in [-0.3, -0.25) is 15.0 Å². The third-order valence-electron chi connectivity index (χ3n) is 3.98. The van der Waals surface area contributed by atoms with Gasteiger partial charge in [0, 0.05) is 45.8 Å². The second kappa shape index (κ2) is 10.0. The topological polar surface area (TPSA) is 102 Å². The number of hydrogen-bond acceptors (Lipinski definition) is 5. The van der Waals surface area contributed by atoms with E-state index < -0.39 is 16.2 Å². The zero-order valence-electron chi connectivity index (χ0n) is 15.6. The van der Waals surface area contributed by atoms with Gasteiger partial charge in [0.15, 0.2) is 0 Å². The van der Waals surface area contributed by atoms with E-state index >= 15 is 0 Å². The van der Waals surface area contributed by atoms with Crippen LogP contribution in [0.4, 0.5) is 4.79 Å². The summed E-state index contributed by atoms with van der Waals surface area (Å²) in [5.74, 6) is -0.0806. The lowest BCUT2D eigenvalue weighted by Crippen LogP contribution is -2.55. The van der Waals surface area contributed by atoms with Crippen LogP contribution in [0.15, 0.2) is 0 Å². The summed E-state index contributed by atoms with van der Waals surface area (Å²) in [6.07, 6.45) is 0. The Labute approximate surface area is 150 Å². The molecule has 0 aromatic heterocycles. The van der Waals surface area contributed by atoms with E-state index in [1.807, 2.05) is 32.6 Å². The molecule has 2 N–H and O–H groups in total. The molecule has 0 radical (unpaired) electrons. The standard InChI is InChI=1S/C15H31N5O4S/c1-5-19(6-2)25(23,24)20-9-7-18(8-10-20)12-14(21)17-15(22)16-11-13(3)4/h13H,5-12H2,1-4H3,(H2,16,17,21,22). The molecule has 0 aromatic carbocycles. The van der Waals surface area contributed by atoms with E-state index in [4.69, 9.17) is 0 Å². The Morgan fingerprint density at radius 1 is 1.08 bits per heavy atom. The van der Waals surface area contributed by atoms with Crippen molar-refractivity contribution in [2.75, 3.05) is 52.4 Å². The van der Waals surface area contributed by atoms with E-state index in [9.17, 15) is 18.0 Å². The number of imide groups is 1. The van der Waals surface area contributed by atoms with E-state index in [-0.39, 0.29) is 12.5 Å². The predicted octanol–water partition coefficient (Wildman–Crippen LogP) is -0.328. The smallest absolute Gasteiger partial charge is 0.321 e. The van der Waals surface area contributed by atoms with Crippen molar-refractivity contribution in [1.29, 1.82) is 0 Å². The average molecular weight is 378 g/mol. The lowest BCUT2D eigenvalue weighted by Gasteiger charge is -2.35. The molecule has 1 aliphatic heterocycles. The second-order valence-corrected chi connectivity index (χ2v) is 8.35. The van der Waals surface area contributed by atoms with Crippen molar-refractivity contribution in [2.24, 2.45) is 5.92 Å². The quantitative estimate of drug-likeness (QED) is 0.603. The normalized spacial score (nSPS) is 17.0. The molecule has 0 bridgehead atoms. The highest BCUT2D eigenvalue weighted by molar-refractivity contribution is 7.86. The first-order chi connectivity index (χ1) is 11.7. The van der Waals surface area contributed by atoms with Crippen LogP contribution in [0.2, 0.25) is 0 Å². The fraction of sp³-hybridized carbons (Fsp3) is 0.867. The first-order valence-electron chi connectivity index (χ1n) is 8.75. The molecule has 0 atom stereocenters. The number of amides is 3. The molecule has 0 aliphatic carbocycles. The van der Waals surface area contributed by atoms with Gasteiger partial charge in [-0.25, -0.2) is 4.79 Å². The Hall–Kier alpha value is -1.23. The monoisotopic (exact) mass is 377 g/mol. The summed E-state index contributed by atoms with van der Waals surface area (Å²) in [6, 6.07) is -0.499. The minimum absolute atomic E-state index is 0.0776. The molecule has 3 amide bonds. The molecule has 146 valence electrons. The lowest BCUT2D eigenvalue weighted by atomic mass is 10.2. The maximum Gasteiger partial charge on any atom is 0.321 e. The molecule has 1 heterocycles. The molecule has 1 rings (SSSR count). The summed E-state index contributed by atoms with van der Waals surface area (Å²) in [5, 5.41) is 4.91. The van der Waals surface area contributed by atoms with Crippen LogP contribution in [0.25, 0.3) is 0 Å². The minimum atomic E-state index is -3.44. The molecule has 25 heavy (non-hydrogen) atoms. The summed E-state index contributed by atoms with van der Waals surface area (Å²) in [4.78, 5) is 25.3. The SMILES string of the molecule is CCN(CC)S(=O)(=O)N1CCN(CC(=O)NC(=O)NCC(C)C)CC1. The van der Waals surface area contributed by atoms with Gasteiger partial charge >= 0.3 is 6.03 Å². The first-order valence-corrected chi connectivity index (χ1v) is 10.2. The lowest BCUT2D eigenvalue weighted by molar-refractivity contribution is -0.121. The maximum absolute atomic E-state index is 12.5. The van der Waals surface area contributed by atoms with Gasteiger partial charge in [0.05, 0.1) is 6.54 Å². The van der Waals surface area contributed by atoms with Crippen LogP contribution in [0.1, 0.15) is 27.7 Å². The van der Waals surface area contributed by atoms with E-state index in [0.717, 1.165) is 0 Å². The first kappa shape index (κ1) is 21.8. The molecule has 0 spiro atoms. The Bertz CT molecular complexity index is 540. The van der Waals surface area contributed by atoms with E-state index in [0.29, 0.717) is 51.7 Å². The molecule has 1 saturated heterocycles. The molecular formula is C15H31N5O4S. The number of urea groups is 1. The Morgan fingerprint density at radius 3 is 2.12 bits per heavy atom. The largest absolute Gasteiger partial charge is 0.338 e. The van der Waals surface area contributed by atoms with Crippen LogP contribution >= 0.6 is 0 Å². The van der Waals surface area contributed by atoms with Crippen LogP contribution in [-0.2, 0) is 15.0 Å². The third kappa shape index (κ3) is 6.89. The van der Waals surface area contributed by atoms with Gasteiger partial charge in [0.1, 0.15) is 0 Å². The van der Waals surface area contributed by atoms with Gasteiger partial charge in [0.2, 0.25) is 5.91 Å². The number of carbonyl (C=O) groups excluding carboxylic acids is 2. The molecule has 1 fully saturated rings. The number of rotatable bonds is 8. The van der Waals surface area contributed by atoms with E-state index in [2.05, 4.69) is 10.6 Å². The number of nitrogens with one attached hydrogen (secondary N) is 2. The third-order valence-corrected chi connectivity index (χ3v) is 6.17. The van der Waals surface area contributed by atoms with Gasteiger partial charge < -0.3 is 5.32 Å². The second-order valence-electron chi connectivity index (χ2n) is 6.42. The maximum atomic E-state index is 12.5. The van der Waals surface area contributed by atoms with Gasteiger partial charge in [0.25, 0.3) is 10.2 Å². The van der Waals surface area contributed by atoms with Crippen molar-refractivity contribution in [1.82, 2.24) is 24.1 Å². The number of piperazine rings is 1.